The molecule has 0 radical (unpaired) electrons. The first-order valence-corrected chi connectivity index (χ1v) is 10.3. The Morgan fingerprint density at radius 1 is 1.17 bits per heavy atom. The van der Waals surface area contributed by atoms with Gasteiger partial charge in [-0.25, -0.2) is 13.6 Å². The van der Waals surface area contributed by atoms with Gasteiger partial charge in [0, 0.05) is 23.4 Å². The monoisotopic (exact) mass is 437 g/mol. The molecule has 0 spiro atoms. The molecule has 160 valence electrons. The summed E-state index contributed by atoms with van der Waals surface area (Å²) in [5.74, 6) is -1.46. The molecule has 0 aliphatic carbocycles. The molecular weight excluding hydrogens is 416 g/mol. The fourth-order valence-corrected chi connectivity index (χ4v) is 3.97. The number of hydrogen-bond donors (Lipinski definition) is 0. The number of anilines is 1. The molecule has 0 aromatic heterocycles. The zero-order chi connectivity index (χ0) is 21.3. The maximum atomic E-state index is 14.0. The molecule has 0 saturated carbocycles. The van der Waals surface area contributed by atoms with E-state index in [-0.39, 0.29) is 18.5 Å². The predicted molar refractivity (Wildman–Crippen MR) is 108 cm³/mol. The highest BCUT2D eigenvalue weighted by Crippen LogP contribution is 2.39. The summed E-state index contributed by atoms with van der Waals surface area (Å²) in [5, 5.41) is 0.550. The second-order valence-electron chi connectivity index (χ2n) is 7.50. The van der Waals surface area contributed by atoms with E-state index in [9.17, 15) is 13.6 Å². The lowest BCUT2D eigenvalue weighted by molar-refractivity contribution is -0.174. The van der Waals surface area contributed by atoms with Crippen molar-refractivity contribution in [1.29, 1.82) is 0 Å². The van der Waals surface area contributed by atoms with Crippen LogP contribution in [-0.4, -0.2) is 31.7 Å². The van der Waals surface area contributed by atoms with Crippen LogP contribution in [0.1, 0.15) is 36.4 Å². The predicted octanol–water partition coefficient (Wildman–Crippen LogP) is 5.54. The number of hydrogen-bond acceptors (Lipinski definition) is 4. The minimum absolute atomic E-state index is 0.0439. The fraction of sp³-hybridized carbons (Fsp3) is 0.409. The minimum atomic E-state index is -0.771. The van der Waals surface area contributed by atoms with Gasteiger partial charge in [0.1, 0.15) is 17.7 Å². The number of aryl methyl sites for hydroxylation is 1. The van der Waals surface area contributed by atoms with Gasteiger partial charge in [0.05, 0.1) is 6.61 Å². The van der Waals surface area contributed by atoms with Crippen molar-refractivity contribution < 1.29 is 27.8 Å². The van der Waals surface area contributed by atoms with Gasteiger partial charge in [0.15, 0.2) is 12.4 Å². The Hall–Kier alpha value is -2.22. The largest absolute Gasteiger partial charge is 0.441 e. The SMILES string of the molecule is Cc1cc(N2C(=O)O[C@@H](COC3CCCCO3)[C@@H]2c2cc(F)cc(F)c2)ccc1Cl. The van der Waals surface area contributed by atoms with Crippen LogP contribution in [0, 0.1) is 18.6 Å². The van der Waals surface area contributed by atoms with Crippen molar-refractivity contribution in [2.24, 2.45) is 0 Å². The van der Waals surface area contributed by atoms with Crippen molar-refractivity contribution in [1.82, 2.24) is 0 Å². The molecule has 0 bridgehead atoms. The van der Waals surface area contributed by atoms with Gasteiger partial charge in [0.2, 0.25) is 0 Å². The van der Waals surface area contributed by atoms with Gasteiger partial charge in [-0.3, -0.25) is 4.90 Å². The van der Waals surface area contributed by atoms with Crippen LogP contribution in [0.3, 0.4) is 0 Å². The Morgan fingerprint density at radius 3 is 2.60 bits per heavy atom. The molecule has 5 nitrogen and oxygen atoms in total. The summed E-state index contributed by atoms with van der Waals surface area (Å²) in [7, 11) is 0. The number of cyclic esters (lactones) is 1. The Bertz CT molecular complexity index is 915. The molecule has 8 heteroatoms. The summed E-state index contributed by atoms with van der Waals surface area (Å²) in [6.07, 6.45) is 0.954. The number of benzene rings is 2. The molecule has 30 heavy (non-hydrogen) atoms. The van der Waals surface area contributed by atoms with Crippen molar-refractivity contribution in [2.45, 2.75) is 44.6 Å². The molecule has 2 fully saturated rings. The molecule has 2 heterocycles. The number of ether oxygens (including phenoxy) is 3. The number of halogens is 3. The smallest absolute Gasteiger partial charge is 0.415 e. The van der Waals surface area contributed by atoms with E-state index in [2.05, 4.69) is 0 Å². The third kappa shape index (κ3) is 4.43. The lowest BCUT2D eigenvalue weighted by atomic mass is 9.99. The normalized spacial score (nSPS) is 24.2. The van der Waals surface area contributed by atoms with Crippen LogP contribution >= 0.6 is 11.6 Å². The summed E-state index contributed by atoms with van der Waals surface area (Å²) in [5.41, 5.74) is 1.57. The third-order valence-corrected chi connectivity index (χ3v) is 5.73. The number of amides is 1. The zero-order valence-electron chi connectivity index (χ0n) is 16.4. The molecular formula is C22H22ClF2NO4. The Kier molecular flexibility index (Phi) is 6.22. The van der Waals surface area contributed by atoms with Crippen LogP contribution < -0.4 is 4.90 Å². The minimum Gasteiger partial charge on any atom is -0.441 e. The van der Waals surface area contributed by atoms with Crippen LogP contribution in [0.4, 0.5) is 19.3 Å². The van der Waals surface area contributed by atoms with Gasteiger partial charge in [-0.15, -0.1) is 0 Å². The first-order chi connectivity index (χ1) is 14.4. The maximum Gasteiger partial charge on any atom is 0.415 e. The quantitative estimate of drug-likeness (QED) is 0.616. The molecule has 2 aromatic rings. The average molecular weight is 438 g/mol. The molecule has 2 aliphatic heterocycles. The van der Waals surface area contributed by atoms with Crippen LogP contribution in [0.15, 0.2) is 36.4 Å². The molecule has 1 amide bonds. The van der Waals surface area contributed by atoms with Crippen LogP contribution in [0.25, 0.3) is 0 Å². The molecule has 1 unspecified atom stereocenters. The molecule has 2 saturated heterocycles. The van der Waals surface area contributed by atoms with E-state index in [0.29, 0.717) is 17.3 Å². The Labute approximate surface area is 178 Å². The summed E-state index contributed by atoms with van der Waals surface area (Å²) in [6, 6.07) is 7.51. The summed E-state index contributed by atoms with van der Waals surface area (Å²) < 4.78 is 44.9. The van der Waals surface area contributed by atoms with E-state index in [1.54, 1.807) is 18.2 Å². The third-order valence-electron chi connectivity index (χ3n) is 5.31. The second kappa shape index (κ2) is 8.88. The van der Waals surface area contributed by atoms with E-state index in [4.69, 9.17) is 25.8 Å². The fourth-order valence-electron chi connectivity index (χ4n) is 3.85. The van der Waals surface area contributed by atoms with E-state index < -0.39 is 29.9 Å². The summed E-state index contributed by atoms with van der Waals surface area (Å²) >= 11 is 6.12. The lowest BCUT2D eigenvalue weighted by Gasteiger charge is -2.28. The number of carbonyl (C=O) groups is 1. The average Bonchev–Trinajstić information content (AvgIpc) is 3.05. The highest BCUT2D eigenvalue weighted by molar-refractivity contribution is 6.31. The van der Waals surface area contributed by atoms with Crippen molar-refractivity contribution >= 4 is 23.4 Å². The van der Waals surface area contributed by atoms with E-state index in [1.807, 2.05) is 6.92 Å². The van der Waals surface area contributed by atoms with E-state index >= 15 is 0 Å². The number of rotatable bonds is 5. The van der Waals surface area contributed by atoms with Crippen LogP contribution in [0.2, 0.25) is 5.02 Å². The molecule has 0 N–H and O–H groups in total. The summed E-state index contributed by atoms with van der Waals surface area (Å²) in [6.45, 7) is 2.47. The van der Waals surface area contributed by atoms with Crippen LogP contribution in [0.5, 0.6) is 0 Å². The molecule has 2 aliphatic rings. The topological polar surface area (TPSA) is 48.0 Å². The number of carbonyl (C=O) groups excluding carboxylic acids is 1. The Balaban J connectivity index is 1.66. The van der Waals surface area contributed by atoms with Crippen molar-refractivity contribution in [3.63, 3.8) is 0 Å². The lowest BCUT2D eigenvalue weighted by Crippen LogP contribution is -2.33. The van der Waals surface area contributed by atoms with Crippen molar-refractivity contribution in [2.75, 3.05) is 18.1 Å². The van der Waals surface area contributed by atoms with Gasteiger partial charge < -0.3 is 14.2 Å². The van der Waals surface area contributed by atoms with E-state index in [1.165, 1.54) is 17.0 Å². The highest BCUT2D eigenvalue weighted by Gasteiger charge is 2.44. The van der Waals surface area contributed by atoms with Gasteiger partial charge in [-0.05, 0) is 67.6 Å². The number of nitrogens with zero attached hydrogens (tertiary/aromatic N) is 1. The Morgan fingerprint density at radius 2 is 1.93 bits per heavy atom. The van der Waals surface area contributed by atoms with Gasteiger partial charge in [-0.1, -0.05) is 11.6 Å². The van der Waals surface area contributed by atoms with Gasteiger partial charge in [-0.2, -0.15) is 0 Å². The molecule has 3 atom stereocenters. The van der Waals surface area contributed by atoms with Crippen LogP contribution in [-0.2, 0) is 14.2 Å². The zero-order valence-corrected chi connectivity index (χ0v) is 17.2. The first kappa shape index (κ1) is 21.0. The van der Waals surface area contributed by atoms with E-state index in [0.717, 1.165) is 30.9 Å². The highest BCUT2D eigenvalue weighted by atomic mass is 35.5. The molecule has 4 rings (SSSR count). The first-order valence-electron chi connectivity index (χ1n) is 9.87. The van der Waals surface area contributed by atoms with Crippen molar-refractivity contribution in [3.8, 4) is 0 Å². The van der Waals surface area contributed by atoms with Gasteiger partial charge >= 0.3 is 6.09 Å². The van der Waals surface area contributed by atoms with Crippen molar-refractivity contribution in [3.05, 3.63) is 64.2 Å². The maximum absolute atomic E-state index is 14.0. The second-order valence-corrected chi connectivity index (χ2v) is 7.91. The standard InChI is InChI=1S/C22H22ClF2NO4/c1-13-8-17(5-6-18(13)23)26-21(14-9-15(24)11-16(25)10-14)19(30-22(26)27)12-29-20-4-2-3-7-28-20/h5-6,8-11,19-21H,2-4,7,12H2,1H3/t19-,20?,21-/m0/s1. The van der Waals surface area contributed by atoms with Gasteiger partial charge in [0.25, 0.3) is 0 Å². The molecule has 2 aromatic carbocycles. The summed E-state index contributed by atoms with van der Waals surface area (Å²) in [4.78, 5) is 14.2.